The Hall–Kier alpha value is -0.460. The van der Waals surface area contributed by atoms with Crippen LogP contribution in [0.3, 0.4) is 0 Å². The van der Waals surface area contributed by atoms with Crippen LogP contribution in [0.5, 0.6) is 0 Å². The molecule has 2 fully saturated rings. The zero-order chi connectivity index (χ0) is 16.8. The quantitative estimate of drug-likeness (QED) is 0.746. The molecular formula is C17H33NO4. The highest BCUT2D eigenvalue weighted by atomic mass is 16.7. The average molecular weight is 315 g/mol. The second-order valence-corrected chi connectivity index (χ2v) is 6.50. The minimum Gasteiger partial charge on any atom is -0.369 e. The summed E-state index contributed by atoms with van der Waals surface area (Å²) in [6.45, 7) is 18.9. The topological polar surface area (TPSA) is 40.2 Å². The van der Waals surface area contributed by atoms with Gasteiger partial charge in [-0.25, -0.2) is 0 Å². The lowest BCUT2D eigenvalue weighted by Crippen LogP contribution is -2.58. The summed E-state index contributed by atoms with van der Waals surface area (Å²) in [5, 5.41) is 0. The van der Waals surface area contributed by atoms with Gasteiger partial charge in [-0.3, -0.25) is 4.90 Å². The van der Waals surface area contributed by atoms with E-state index in [4.69, 9.17) is 18.9 Å². The molecule has 0 aromatic rings. The number of rotatable bonds is 4. The summed E-state index contributed by atoms with van der Waals surface area (Å²) < 4.78 is 23.3. The zero-order valence-corrected chi connectivity index (χ0v) is 15.1. The van der Waals surface area contributed by atoms with Crippen molar-refractivity contribution < 1.29 is 18.9 Å². The Balaban J connectivity index is 0.00000116. The smallest absolute Gasteiger partial charge is 0.162 e. The molecule has 1 atom stereocenters. The summed E-state index contributed by atoms with van der Waals surface area (Å²) >= 11 is 0. The van der Waals surface area contributed by atoms with E-state index < -0.39 is 5.79 Å². The minimum absolute atomic E-state index is 0.0700. The van der Waals surface area contributed by atoms with E-state index in [1.807, 2.05) is 47.6 Å². The molecule has 2 heterocycles. The first-order valence-corrected chi connectivity index (χ1v) is 8.23. The Morgan fingerprint density at radius 1 is 1.05 bits per heavy atom. The zero-order valence-electron chi connectivity index (χ0n) is 15.1. The predicted molar refractivity (Wildman–Crippen MR) is 87.8 cm³/mol. The molecule has 0 N–H and O–H groups in total. The summed E-state index contributed by atoms with van der Waals surface area (Å²) in [7, 11) is 0. The summed E-state index contributed by atoms with van der Waals surface area (Å²) in [6.07, 6.45) is 1.81. The Labute approximate surface area is 135 Å². The van der Waals surface area contributed by atoms with Gasteiger partial charge in [0.2, 0.25) is 0 Å². The molecule has 0 radical (unpaired) electrons. The first-order chi connectivity index (χ1) is 10.3. The molecule has 5 nitrogen and oxygen atoms in total. The van der Waals surface area contributed by atoms with Crippen LogP contribution in [-0.2, 0) is 18.9 Å². The van der Waals surface area contributed by atoms with E-state index in [9.17, 15) is 0 Å². The third kappa shape index (κ3) is 5.63. The second-order valence-electron chi connectivity index (χ2n) is 6.50. The van der Waals surface area contributed by atoms with Crippen molar-refractivity contribution in [3.8, 4) is 0 Å². The van der Waals surface area contributed by atoms with Gasteiger partial charge in [0.1, 0.15) is 6.23 Å². The molecule has 0 aromatic carbocycles. The summed E-state index contributed by atoms with van der Waals surface area (Å²) in [5.41, 5.74) is -0.210. The fraction of sp³-hybridized carbons (Fsp3) is 0.882. The van der Waals surface area contributed by atoms with E-state index in [0.717, 1.165) is 6.54 Å². The molecule has 2 aliphatic rings. The van der Waals surface area contributed by atoms with Crippen LogP contribution in [0.4, 0.5) is 0 Å². The molecule has 2 saturated heterocycles. The van der Waals surface area contributed by atoms with Crippen molar-refractivity contribution in [2.24, 2.45) is 0 Å². The third-order valence-corrected chi connectivity index (χ3v) is 3.67. The first-order valence-electron chi connectivity index (χ1n) is 8.23. The molecule has 1 unspecified atom stereocenters. The van der Waals surface area contributed by atoms with Crippen molar-refractivity contribution in [3.05, 3.63) is 12.7 Å². The maximum atomic E-state index is 5.96. The molecule has 2 aliphatic heterocycles. The van der Waals surface area contributed by atoms with Gasteiger partial charge in [-0.15, -0.1) is 6.58 Å². The lowest BCUT2D eigenvalue weighted by atomic mass is 10.1. The standard InChI is InChI=1S/C15H27NO4.C2H6/c1-6-7-16(12-8-19-15(4,5)20-9-12)13-10-18-14(2,3)11-17-13;1-2/h6,12-13H,1,7-11H2,2-5H3;1-2H3. The highest BCUT2D eigenvalue weighted by molar-refractivity contribution is 4.86. The van der Waals surface area contributed by atoms with Crippen molar-refractivity contribution in [1.82, 2.24) is 4.90 Å². The van der Waals surface area contributed by atoms with E-state index in [1.54, 1.807) is 0 Å². The van der Waals surface area contributed by atoms with Gasteiger partial charge in [0.05, 0.1) is 38.1 Å². The molecule has 0 bridgehead atoms. The Kier molecular flexibility index (Phi) is 7.49. The highest BCUT2D eigenvalue weighted by Gasteiger charge is 2.37. The van der Waals surface area contributed by atoms with Gasteiger partial charge in [-0.05, 0) is 27.7 Å². The van der Waals surface area contributed by atoms with Crippen LogP contribution >= 0.6 is 0 Å². The lowest BCUT2D eigenvalue weighted by Gasteiger charge is -2.45. The minimum atomic E-state index is -0.498. The number of hydrogen-bond acceptors (Lipinski definition) is 5. The van der Waals surface area contributed by atoms with Gasteiger partial charge >= 0.3 is 0 Å². The van der Waals surface area contributed by atoms with Crippen LogP contribution < -0.4 is 0 Å². The Morgan fingerprint density at radius 3 is 2.09 bits per heavy atom. The Bertz CT molecular complexity index is 296. The molecule has 0 spiro atoms. The maximum absolute atomic E-state index is 5.96. The molecule has 22 heavy (non-hydrogen) atoms. The van der Waals surface area contributed by atoms with Crippen molar-refractivity contribution in [3.63, 3.8) is 0 Å². The van der Waals surface area contributed by atoms with Crippen LogP contribution in [0.1, 0.15) is 41.5 Å². The average Bonchev–Trinajstić information content (AvgIpc) is 2.48. The van der Waals surface area contributed by atoms with Gasteiger partial charge in [0.15, 0.2) is 5.79 Å². The molecule has 0 amide bonds. The monoisotopic (exact) mass is 315 g/mol. The normalized spacial score (nSPS) is 27.9. The van der Waals surface area contributed by atoms with Crippen LogP contribution in [0.15, 0.2) is 12.7 Å². The van der Waals surface area contributed by atoms with E-state index in [2.05, 4.69) is 11.5 Å². The first kappa shape index (κ1) is 19.6. The molecule has 0 aliphatic carbocycles. The molecule has 0 aromatic heterocycles. The van der Waals surface area contributed by atoms with Gasteiger partial charge in [0, 0.05) is 6.54 Å². The fourth-order valence-corrected chi connectivity index (χ4v) is 2.40. The van der Waals surface area contributed by atoms with Crippen LogP contribution in [0.2, 0.25) is 0 Å². The van der Waals surface area contributed by atoms with Crippen LogP contribution in [-0.4, -0.2) is 61.5 Å². The summed E-state index contributed by atoms with van der Waals surface area (Å²) in [4.78, 5) is 2.21. The second kappa shape index (κ2) is 8.41. The van der Waals surface area contributed by atoms with E-state index in [1.165, 1.54) is 0 Å². The largest absolute Gasteiger partial charge is 0.369 e. The number of nitrogens with zero attached hydrogens (tertiary/aromatic N) is 1. The number of ether oxygens (including phenoxy) is 4. The third-order valence-electron chi connectivity index (χ3n) is 3.67. The van der Waals surface area contributed by atoms with Crippen molar-refractivity contribution in [2.75, 3.05) is 33.0 Å². The van der Waals surface area contributed by atoms with Gasteiger partial charge in [-0.2, -0.15) is 0 Å². The van der Waals surface area contributed by atoms with Crippen LogP contribution in [0.25, 0.3) is 0 Å². The molecule has 130 valence electrons. The molecule has 2 rings (SSSR count). The molecular weight excluding hydrogens is 282 g/mol. The van der Waals surface area contributed by atoms with Crippen LogP contribution in [0, 0.1) is 0 Å². The molecule has 0 saturated carbocycles. The summed E-state index contributed by atoms with van der Waals surface area (Å²) in [5.74, 6) is -0.498. The fourth-order valence-electron chi connectivity index (χ4n) is 2.40. The number of hydrogen-bond donors (Lipinski definition) is 0. The Morgan fingerprint density at radius 2 is 1.64 bits per heavy atom. The summed E-state index contributed by atoms with van der Waals surface area (Å²) in [6, 6.07) is 0.163. The SMILES string of the molecule is C=CCN(C1COC(C)(C)OC1)C1COC(C)(C)CO1.CC. The van der Waals surface area contributed by atoms with E-state index >= 15 is 0 Å². The van der Waals surface area contributed by atoms with Crippen molar-refractivity contribution >= 4 is 0 Å². The van der Waals surface area contributed by atoms with Crippen molar-refractivity contribution in [2.45, 2.75) is 65.2 Å². The maximum Gasteiger partial charge on any atom is 0.162 e. The van der Waals surface area contributed by atoms with Gasteiger partial charge in [-0.1, -0.05) is 19.9 Å². The highest BCUT2D eigenvalue weighted by Crippen LogP contribution is 2.25. The van der Waals surface area contributed by atoms with Gasteiger partial charge < -0.3 is 18.9 Å². The van der Waals surface area contributed by atoms with E-state index in [-0.39, 0.29) is 17.9 Å². The lowest BCUT2D eigenvalue weighted by molar-refractivity contribution is -0.284. The van der Waals surface area contributed by atoms with Gasteiger partial charge in [0.25, 0.3) is 0 Å². The predicted octanol–water partition coefficient (Wildman–Crippen LogP) is 2.80. The van der Waals surface area contributed by atoms with E-state index in [0.29, 0.717) is 26.4 Å². The molecule has 5 heteroatoms. The van der Waals surface area contributed by atoms with Crippen molar-refractivity contribution in [1.29, 1.82) is 0 Å².